The lowest BCUT2D eigenvalue weighted by atomic mass is 10.1. The number of nitrogens with one attached hydrogen (secondary N) is 1. The van der Waals surface area contributed by atoms with E-state index in [1.165, 1.54) is 7.11 Å². The maximum atomic E-state index is 11.6. The molecule has 21 heavy (non-hydrogen) atoms. The van der Waals surface area contributed by atoms with E-state index in [9.17, 15) is 4.79 Å². The molecule has 2 aromatic rings. The van der Waals surface area contributed by atoms with Gasteiger partial charge in [-0.15, -0.1) is 0 Å². The average Bonchev–Trinajstić information content (AvgIpc) is 2.79. The molecule has 0 saturated carbocycles. The average molecular weight is 288 g/mol. The van der Waals surface area contributed by atoms with Gasteiger partial charge in [0.2, 0.25) is 0 Å². The second kappa shape index (κ2) is 5.91. The van der Waals surface area contributed by atoms with E-state index in [0.29, 0.717) is 16.9 Å². The van der Waals surface area contributed by atoms with Gasteiger partial charge in [-0.1, -0.05) is 0 Å². The Morgan fingerprint density at radius 2 is 2.05 bits per heavy atom. The van der Waals surface area contributed by atoms with Gasteiger partial charge in [0.15, 0.2) is 0 Å². The highest BCUT2D eigenvalue weighted by atomic mass is 16.5. The highest BCUT2D eigenvalue weighted by molar-refractivity contribution is 5.92. The second-order valence-corrected chi connectivity index (χ2v) is 5.03. The van der Waals surface area contributed by atoms with Crippen molar-refractivity contribution in [2.24, 2.45) is 0 Å². The Bertz CT molecular complexity index is 662. The first-order valence-electron chi connectivity index (χ1n) is 6.73. The van der Waals surface area contributed by atoms with E-state index in [-0.39, 0.29) is 12.0 Å². The van der Waals surface area contributed by atoms with Crippen molar-refractivity contribution in [3.63, 3.8) is 0 Å². The fraction of sp³-hybridized carbons (Fsp3) is 0.312. The number of carbonyl (C=O) groups is 1. The molecule has 2 rings (SSSR count). The van der Waals surface area contributed by atoms with Crippen LogP contribution in [0.5, 0.6) is 0 Å². The summed E-state index contributed by atoms with van der Waals surface area (Å²) in [7, 11) is 1.35. The van der Waals surface area contributed by atoms with Crippen LogP contribution in [0.4, 0.5) is 11.4 Å². The molecule has 0 aliphatic heterocycles. The Morgan fingerprint density at radius 1 is 1.33 bits per heavy atom. The first-order chi connectivity index (χ1) is 9.92. The number of ether oxygens (including phenoxy) is 1. The highest BCUT2D eigenvalue weighted by Crippen LogP contribution is 2.28. The molecule has 1 aromatic heterocycles. The van der Waals surface area contributed by atoms with Crippen LogP contribution in [0.15, 0.2) is 28.7 Å². The second-order valence-electron chi connectivity index (χ2n) is 5.03. The Hall–Kier alpha value is -2.43. The van der Waals surface area contributed by atoms with E-state index in [2.05, 4.69) is 5.32 Å². The Morgan fingerprint density at radius 3 is 2.62 bits per heavy atom. The van der Waals surface area contributed by atoms with E-state index in [0.717, 1.165) is 17.1 Å². The highest BCUT2D eigenvalue weighted by Gasteiger charge is 2.15. The molecule has 1 atom stereocenters. The summed E-state index contributed by atoms with van der Waals surface area (Å²) in [6.07, 6.45) is 0. The molecule has 5 heteroatoms. The van der Waals surface area contributed by atoms with Gasteiger partial charge in [-0.3, -0.25) is 0 Å². The Kier molecular flexibility index (Phi) is 4.21. The van der Waals surface area contributed by atoms with E-state index in [4.69, 9.17) is 14.9 Å². The molecular weight excluding hydrogens is 268 g/mol. The molecule has 0 radical (unpaired) electrons. The molecule has 3 N–H and O–H groups in total. The third-order valence-corrected chi connectivity index (χ3v) is 3.39. The first-order valence-corrected chi connectivity index (χ1v) is 6.73. The van der Waals surface area contributed by atoms with Crippen LogP contribution in [-0.2, 0) is 4.74 Å². The zero-order chi connectivity index (χ0) is 15.6. The molecule has 112 valence electrons. The SMILES string of the molecule is COC(=O)c1ccc(N)c(NC(C)c2cc(C)oc2C)c1. The van der Waals surface area contributed by atoms with Crippen molar-refractivity contribution in [1.29, 1.82) is 0 Å². The predicted molar refractivity (Wildman–Crippen MR) is 82.4 cm³/mol. The molecule has 1 heterocycles. The fourth-order valence-corrected chi connectivity index (χ4v) is 2.32. The van der Waals surface area contributed by atoms with Crippen molar-refractivity contribution in [2.75, 3.05) is 18.2 Å². The van der Waals surface area contributed by atoms with E-state index in [1.807, 2.05) is 26.8 Å². The first kappa shape index (κ1) is 15.0. The molecule has 0 amide bonds. The van der Waals surface area contributed by atoms with Gasteiger partial charge in [0.25, 0.3) is 0 Å². The number of furan rings is 1. The summed E-state index contributed by atoms with van der Waals surface area (Å²) in [5.41, 5.74) is 8.76. The van der Waals surface area contributed by atoms with Gasteiger partial charge in [-0.2, -0.15) is 0 Å². The van der Waals surface area contributed by atoms with E-state index < -0.39 is 0 Å². The maximum absolute atomic E-state index is 11.6. The molecule has 0 saturated heterocycles. The van der Waals surface area contributed by atoms with Crippen molar-refractivity contribution < 1.29 is 13.9 Å². The standard InChI is InChI=1S/C16H20N2O3/c1-9-7-13(11(3)21-9)10(2)18-15-8-12(16(19)20-4)5-6-14(15)17/h5-8,10,18H,17H2,1-4H3. The summed E-state index contributed by atoms with van der Waals surface area (Å²) in [4.78, 5) is 11.6. The van der Waals surface area contributed by atoms with Crippen LogP contribution >= 0.6 is 0 Å². The van der Waals surface area contributed by atoms with Crippen molar-refractivity contribution in [2.45, 2.75) is 26.8 Å². The lowest BCUT2D eigenvalue weighted by Gasteiger charge is -2.17. The van der Waals surface area contributed by atoms with Crippen LogP contribution in [0, 0.1) is 13.8 Å². The number of anilines is 2. The number of nitrogen functional groups attached to an aromatic ring is 1. The van der Waals surface area contributed by atoms with Crippen LogP contribution in [0.3, 0.4) is 0 Å². The summed E-state index contributed by atoms with van der Waals surface area (Å²) >= 11 is 0. The lowest BCUT2D eigenvalue weighted by molar-refractivity contribution is 0.0601. The van der Waals surface area contributed by atoms with Crippen molar-refractivity contribution in [1.82, 2.24) is 0 Å². The van der Waals surface area contributed by atoms with Gasteiger partial charge in [0.1, 0.15) is 11.5 Å². The number of nitrogens with two attached hydrogens (primary N) is 1. The molecule has 5 nitrogen and oxygen atoms in total. The van der Waals surface area contributed by atoms with Gasteiger partial charge >= 0.3 is 5.97 Å². The molecule has 1 unspecified atom stereocenters. The van der Waals surface area contributed by atoms with E-state index >= 15 is 0 Å². The third-order valence-electron chi connectivity index (χ3n) is 3.39. The van der Waals surface area contributed by atoms with Gasteiger partial charge in [0, 0.05) is 5.56 Å². The maximum Gasteiger partial charge on any atom is 0.337 e. The van der Waals surface area contributed by atoms with Gasteiger partial charge in [-0.05, 0) is 45.0 Å². The fourth-order valence-electron chi connectivity index (χ4n) is 2.32. The van der Waals surface area contributed by atoms with Crippen LogP contribution < -0.4 is 11.1 Å². The number of hydrogen-bond donors (Lipinski definition) is 2. The summed E-state index contributed by atoms with van der Waals surface area (Å²) < 4.78 is 10.3. The van der Waals surface area contributed by atoms with Crippen LogP contribution in [0.1, 0.15) is 40.4 Å². The van der Waals surface area contributed by atoms with E-state index in [1.54, 1.807) is 18.2 Å². The quantitative estimate of drug-likeness (QED) is 0.665. The number of aryl methyl sites for hydroxylation is 2. The number of esters is 1. The molecule has 0 fully saturated rings. The Labute approximate surface area is 124 Å². The zero-order valence-electron chi connectivity index (χ0n) is 12.7. The molecule has 0 aliphatic carbocycles. The summed E-state index contributed by atoms with van der Waals surface area (Å²) in [6.45, 7) is 5.85. The molecular formula is C16H20N2O3. The zero-order valence-corrected chi connectivity index (χ0v) is 12.7. The molecule has 0 spiro atoms. The summed E-state index contributed by atoms with van der Waals surface area (Å²) in [6, 6.07) is 7.03. The molecule has 0 aliphatic rings. The minimum atomic E-state index is -0.388. The number of benzene rings is 1. The molecule has 0 bridgehead atoms. The summed E-state index contributed by atoms with van der Waals surface area (Å²) in [5, 5.41) is 3.31. The largest absolute Gasteiger partial charge is 0.466 e. The van der Waals surface area contributed by atoms with Crippen LogP contribution in [0.25, 0.3) is 0 Å². The minimum Gasteiger partial charge on any atom is -0.466 e. The third kappa shape index (κ3) is 3.18. The monoisotopic (exact) mass is 288 g/mol. The lowest BCUT2D eigenvalue weighted by Crippen LogP contribution is -2.10. The number of hydrogen-bond acceptors (Lipinski definition) is 5. The predicted octanol–water partition coefficient (Wildman–Crippen LogP) is 3.44. The smallest absolute Gasteiger partial charge is 0.337 e. The van der Waals surface area contributed by atoms with Crippen molar-refractivity contribution in [3.05, 3.63) is 46.9 Å². The topological polar surface area (TPSA) is 77.5 Å². The Balaban J connectivity index is 2.26. The van der Waals surface area contributed by atoms with Crippen LogP contribution in [0.2, 0.25) is 0 Å². The number of rotatable bonds is 4. The van der Waals surface area contributed by atoms with Crippen LogP contribution in [-0.4, -0.2) is 13.1 Å². The van der Waals surface area contributed by atoms with Crippen molar-refractivity contribution in [3.8, 4) is 0 Å². The normalized spacial score (nSPS) is 12.0. The summed E-state index contributed by atoms with van der Waals surface area (Å²) in [5.74, 6) is 1.35. The minimum absolute atomic E-state index is 0.0117. The van der Waals surface area contributed by atoms with Gasteiger partial charge in [-0.25, -0.2) is 4.79 Å². The number of methoxy groups -OCH3 is 1. The van der Waals surface area contributed by atoms with Crippen molar-refractivity contribution >= 4 is 17.3 Å². The van der Waals surface area contributed by atoms with Gasteiger partial charge < -0.3 is 20.2 Å². The molecule has 1 aromatic carbocycles. The number of carbonyl (C=O) groups excluding carboxylic acids is 1. The van der Waals surface area contributed by atoms with Gasteiger partial charge in [0.05, 0.1) is 30.1 Å².